The molecule has 0 unspecified atom stereocenters. The molecule has 0 bridgehead atoms. The number of nitrogens with zero attached hydrogens (tertiary/aromatic N) is 2. The summed E-state index contributed by atoms with van der Waals surface area (Å²) in [5.41, 5.74) is 1.85. The Morgan fingerprint density at radius 3 is 2.35 bits per heavy atom. The first-order valence-electron chi connectivity index (χ1n) is 10.2. The SMILES string of the molecule is CN=C(NCC1(c2ccc(F)cc2)CCOCC1)N(C)Cc1ccc(OC(F)F)cc1. The van der Waals surface area contributed by atoms with Crippen LogP contribution < -0.4 is 10.1 Å². The summed E-state index contributed by atoms with van der Waals surface area (Å²) in [6, 6.07) is 13.2. The van der Waals surface area contributed by atoms with E-state index in [1.807, 2.05) is 24.1 Å². The number of alkyl halides is 2. The number of halogens is 3. The average molecular weight is 435 g/mol. The number of benzene rings is 2. The van der Waals surface area contributed by atoms with Crippen molar-refractivity contribution in [3.8, 4) is 5.75 Å². The van der Waals surface area contributed by atoms with Crippen molar-refractivity contribution in [3.63, 3.8) is 0 Å². The van der Waals surface area contributed by atoms with E-state index in [0.29, 0.717) is 32.3 Å². The van der Waals surface area contributed by atoms with E-state index in [9.17, 15) is 13.2 Å². The molecule has 168 valence electrons. The summed E-state index contributed by atoms with van der Waals surface area (Å²) in [6.07, 6.45) is 1.66. The van der Waals surface area contributed by atoms with Gasteiger partial charge in [0, 0.05) is 45.8 Å². The van der Waals surface area contributed by atoms with Crippen LogP contribution >= 0.6 is 0 Å². The number of hydrogen-bond donors (Lipinski definition) is 1. The van der Waals surface area contributed by atoms with Crippen LogP contribution in [0.3, 0.4) is 0 Å². The van der Waals surface area contributed by atoms with Gasteiger partial charge >= 0.3 is 6.61 Å². The van der Waals surface area contributed by atoms with E-state index in [1.54, 1.807) is 19.2 Å². The lowest BCUT2D eigenvalue weighted by atomic mass is 9.74. The molecule has 1 N–H and O–H groups in total. The molecule has 0 saturated carbocycles. The lowest BCUT2D eigenvalue weighted by Gasteiger charge is -2.39. The van der Waals surface area contributed by atoms with Crippen molar-refractivity contribution >= 4 is 5.96 Å². The lowest BCUT2D eigenvalue weighted by molar-refractivity contribution is -0.0498. The first kappa shape index (κ1) is 22.9. The molecule has 0 aromatic heterocycles. The van der Waals surface area contributed by atoms with E-state index < -0.39 is 6.61 Å². The maximum absolute atomic E-state index is 13.4. The minimum Gasteiger partial charge on any atom is -0.435 e. The van der Waals surface area contributed by atoms with Crippen LogP contribution in [-0.4, -0.2) is 51.3 Å². The Morgan fingerprint density at radius 1 is 1.13 bits per heavy atom. The molecule has 31 heavy (non-hydrogen) atoms. The van der Waals surface area contributed by atoms with Crippen molar-refractivity contribution in [2.24, 2.45) is 4.99 Å². The highest BCUT2D eigenvalue weighted by Gasteiger charge is 2.34. The Morgan fingerprint density at radius 2 is 1.77 bits per heavy atom. The zero-order chi connectivity index (χ0) is 22.3. The third-order valence-electron chi connectivity index (χ3n) is 5.63. The van der Waals surface area contributed by atoms with Gasteiger partial charge in [0.05, 0.1) is 0 Å². The topological polar surface area (TPSA) is 46.1 Å². The number of rotatable bonds is 7. The maximum Gasteiger partial charge on any atom is 0.387 e. The van der Waals surface area contributed by atoms with Crippen molar-refractivity contribution < 1.29 is 22.6 Å². The summed E-state index contributed by atoms with van der Waals surface area (Å²) in [5, 5.41) is 3.45. The molecule has 1 saturated heterocycles. The molecule has 0 spiro atoms. The van der Waals surface area contributed by atoms with Gasteiger partial charge < -0.3 is 19.7 Å². The van der Waals surface area contributed by atoms with Crippen LogP contribution in [-0.2, 0) is 16.7 Å². The average Bonchev–Trinajstić information content (AvgIpc) is 2.76. The number of guanidine groups is 1. The van der Waals surface area contributed by atoms with Gasteiger partial charge in [-0.15, -0.1) is 0 Å². The minimum atomic E-state index is -2.84. The molecule has 1 heterocycles. The van der Waals surface area contributed by atoms with Crippen molar-refractivity contribution in [1.82, 2.24) is 10.2 Å². The molecule has 1 aliphatic rings. The Balaban J connectivity index is 1.65. The van der Waals surface area contributed by atoms with Gasteiger partial charge in [-0.2, -0.15) is 8.78 Å². The smallest absolute Gasteiger partial charge is 0.387 e. The minimum absolute atomic E-state index is 0.129. The van der Waals surface area contributed by atoms with Crippen LogP contribution in [0.1, 0.15) is 24.0 Å². The Bertz CT molecular complexity index is 851. The molecule has 0 amide bonds. The summed E-state index contributed by atoms with van der Waals surface area (Å²) >= 11 is 0. The Hall–Kier alpha value is -2.74. The Kier molecular flexibility index (Phi) is 7.79. The van der Waals surface area contributed by atoms with Crippen LogP contribution in [0.2, 0.25) is 0 Å². The summed E-state index contributed by atoms with van der Waals surface area (Å²) in [4.78, 5) is 6.34. The zero-order valence-corrected chi connectivity index (χ0v) is 17.8. The second-order valence-corrected chi connectivity index (χ2v) is 7.68. The molecule has 8 heteroatoms. The van der Waals surface area contributed by atoms with Crippen LogP contribution in [0.25, 0.3) is 0 Å². The van der Waals surface area contributed by atoms with Crippen molar-refractivity contribution in [2.45, 2.75) is 31.4 Å². The van der Waals surface area contributed by atoms with Crippen molar-refractivity contribution in [2.75, 3.05) is 33.9 Å². The molecule has 2 aromatic carbocycles. The quantitative estimate of drug-likeness (QED) is 0.524. The second kappa shape index (κ2) is 10.5. The predicted molar refractivity (Wildman–Crippen MR) is 114 cm³/mol. The molecular weight excluding hydrogens is 407 g/mol. The summed E-state index contributed by atoms with van der Waals surface area (Å²) in [6.45, 7) is -0.349. The van der Waals surface area contributed by atoms with E-state index in [4.69, 9.17) is 4.74 Å². The van der Waals surface area contributed by atoms with Crippen LogP contribution in [0.4, 0.5) is 13.2 Å². The molecule has 3 rings (SSSR count). The van der Waals surface area contributed by atoms with Gasteiger partial charge in [-0.1, -0.05) is 24.3 Å². The first-order valence-corrected chi connectivity index (χ1v) is 10.2. The highest BCUT2D eigenvalue weighted by atomic mass is 19.3. The Labute approximate surface area is 180 Å². The lowest BCUT2D eigenvalue weighted by Crippen LogP contribution is -2.48. The van der Waals surface area contributed by atoms with Gasteiger partial charge in [0.2, 0.25) is 0 Å². The largest absolute Gasteiger partial charge is 0.435 e. The molecule has 0 atom stereocenters. The zero-order valence-electron chi connectivity index (χ0n) is 17.8. The molecule has 5 nitrogen and oxygen atoms in total. The maximum atomic E-state index is 13.4. The van der Waals surface area contributed by atoms with Gasteiger partial charge in [-0.25, -0.2) is 4.39 Å². The van der Waals surface area contributed by atoms with E-state index in [0.717, 1.165) is 24.0 Å². The molecular formula is C23H28F3N3O2. The van der Waals surface area contributed by atoms with Crippen molar-refractivity contribution in [1.29, 1.82) is 0 Å². The highest BCUT2D eigenvalue weighted by Crippen LogP contribution is 2.34. The number of ether oxygens (including phenoxy) is 2. The van der Waals surface area contributed by atoms with Gasteiger partial charge in [0.15, 0.2) is 5.96 Å². The third kappa shape index (κ3) is 6.13. The fraction of sp³-hybridized carbons (Fsp3) is 0.435. The van der Waals surface area contributed by atoms with E-state index in [1.165, 1.54) is 24.3 Å². The van der Waals surface area contributed by atoms with Gasteiger partial charge in [-0.05, 0) is 48.2 Å². The van der Waals surface area contributed by atoms with Crippen LogP contribution in [0, 0.1) is 5.82 Å². The second-order valence-electron chi connectivity index (χ2n) is 7.68. The standard InChI is InChI=1S/C23H28F3N3O2/c1-27-22(29(2)15-17-3-9-20(10-4-17)31-21(25)26)28-16-23(11-13-30-14-12-23)18-5-7-19(24)8-6-18/h3-10,21H,11-16H2,1-2H3,(H,27,28). The number of aliphatic imine (C=N–C) groups is 1. The monoisotopic (exact) mass is 435 g/mol. The first-order chi connectivity index (χ1) is 14.9. The van der Waals surface area contributed by atoms with E-state index in [2.05, 4.69) is 15.0 Å². The molecule has 1 aliphatic heterocycles. The molecule has 0 aliphatic carbocycles. The van der Waals surface area contributed by atoms with Gasteiger partial charge in [0.25, 0.3) is 0 Å². The molecule has 2 aromatic rings. The fourth-order valence-electron chi connectivity index (χ4n) is 3.89. The predicted octanol–water partition coefficient (Wildman–Crippen LogP) is 4.18. The van der Waals surface area contributed by atoms with Crippen LogP contribution in [0.15, 0.2) is 53.5 Å². The fourth-order valence-corrected chi connectivity index (χ4v) is 3.89. The van der Waals surface area contributed by atoms with Crippen molar-refractivity contribution in [3.05, 3.63) is 65.5 Å². The normalized spacial score (nSPS) is 16.3. The highest BCUT2D eigenvalue weighted by molar-refractivity contribution is 5.79. The van der Waals surface area contributed by atoms with Crippen LogP contribution in [0.5, 0.6) is 5.75 Å². The van der Waals surface area contributed by atoms with E-state index >= 15 is 0 Å². The summed E-state index contributed by atoms with van der Waals surface area (Å²) < 4.78 is 48.0. The van der Waals surface area contributed by atoms with Gasteiger partial charge in [0.1, 0.15) is 11.6 Å². The number of nitrogens with one attached hydrogen (secondary N) is 1. The summed E-state index contributed by atoms with van der Waals surface area (Å²) in [5.74, 6) is 0.588. The summed E-state index contributed by atoms with van der Waals surface area (Å²) in [7, 11) is 3.63. The third-order valence-corrected chi connectivity index (χ3v) is 5.63. The van der Waals surface area contributed by atoms with E-state index in [-0.39, 0.29) is 17.0 Å². The molecule has 1 fully saturated rings. The van der Waals surface area contributed by atoms with Gasteiger partial charge in [-0.3, -0.25) is 4.99 Å². The number of hydrogen-bond acceptors (Lipinski definition) is 3. The molecule has 0 radical (unpaired) electrons.